The molecular formula is C23H24N2O4. The van der Waals surface area contributed by atoms with Crippen molar-refractivity contribution in [2.45, 2.75) is 37.1 Å². The third-order valence-electron chi connectivity index (χ3n) is 6.41. The molecule has 29 heavy (non-hydrogen) atoms. The molecule has 0 aliphatic carbocycles. The predicted molar refractivity (Wildman–Crippen MR) is 106 cm³/mol. The maximum Gasteiger partial charge on any atom is 0.227 e. The fraction of sp³-hybridized carbons (Fsp3) is 0.391. The van der Waals surface area contributed by atoms with Gasteiger partial charge in [-0.1, -0.05) is 42.5 Å². The van der Waals surface area contributed by atoms with Crippen molar-refractivity contribution in [2.24, 2.45) is 0 Å². The summed E-state index contributed by atoms with van der Waals surface area (Å²) in [5.74, 6) is 0.842. The Labute approximate surface area is 170 Å². The monoisotopic (exact) mass is 392 g/mol. The van der Waals surface area contributed by atoms with Crippen molar-refractivity contribution >= 4 is 11.8 Å². The van der Waals surface area contributed by atoms with Gasteiger partial charge in [-0.3, -0.25) is 9.59 Å². The highest BCUT2D eigenvalue weighted by atomic mass is 16.5. The number of carbonyl (C=O) groups excluding carboxylic acids is 2. The minimum absolute atomic E-state index is 0.0292. The van der Waals surface area contributed by atoms with Gasteiger partial charge in [-0.25, -0.2) is 0 Å². The van der Waals surface area contributed by atoms with Crippen LogP contribution >= 0.6 is 0 Å². The average Bonchev–Trinajstić information content (AvgIpc) is 3.37. The fourth-order valence-corrected chi connectivity index (χ4v) is 5.02. The molecule has 5 rings (SSSR count). The molecule has 0 N–H and O–H groups in total. The molecule has 0 saturated carbocycles. The number of rotatable bonds is 4. The number of carbonyl (C=O) groups is 2. The quantitative estimate of drug-likeness (QED) is 0.802. The van der Waals surface area contributed by atoms with Gasteiger partial charge in [0.1, 0.15) is 11.9 Å². The normalized spacial score (nSPS) is 27.8. The second kappa shape index (κ2) is 6.88. The Morgan fingerprint density at radius 3 is 2.83 bits per heavy atom. The zero-order valence-corrected chi connectivity index (χ0v) is 16.4. The van der Waals surface area contributed by atoms with E-state index in [0.717, 1.165) is 16.9 Å². The smallest absolute Gasteiger partial charge is 0.227 e. The molecule has 0 bridgehead atoms. The summed E-state index contributed by atoms with van der Waals surface area (Å²) in [6.45, 7) is 1.16. The lowest BCUT2D eigenvalue weighted by atomic mass is 10.1. The van der Waals surface area contributed by atoms with Crippen LogP contribution in [0.15, 0.2) is 54.6 Å². The molecule has 3 saturated heterocycles. The van der Waals surface area contributed by atoms with E-state index >= 15 is 0 Å². The van der Waals surface area contributed by atoms with Gasteiger partial charge in [-0.2, -0.15) is 0 Å². The van der Waals surface area contributed by atoms with Crippen LogP contribution < -0.4 is 4.74 Å². The van der Waals surface area contributed by atoms with Crippen LogP contribution in [0.5, 0.6) is 5.75 Å². The lowest BCUT2D eigenvalue weighted by molar-refractivity contribution is -0.142. The highest BCUT2D eigenvalue weighted by molar-refractivity contribution is 5.85. The highest BCUT2D eigenvalue weighted by Crippen LogP contribution is 2.50. The van der Waals surface area contributed by atoms with Crippen LogP contribution in [-0.4, -0.2) is 53.6 Å². The number of amides is 2. The minimum atomic E-state index is -0.679. The van der Waals surface area contributed by atoms with E-state index in [-0.39, 0.29) is 24.0 Å². The van der Waals surface area contributed by atoms with Gasteiger partial charge < -0.3 is 19.3 Å². The van der Waals surface area contributed by atoms with E-state index in [0.29, 0.717) is 32.4 Å². The molecule has 3 heterocycles. The van der Waals surface area contributed by atoms with E-state index in [2.05, 4.69) is 0 Å². The Morgan fingerprint density at radius 2 is 2.03 bits per heavy atom. The molecular weight excluding hydrogens is 368 g/mol. The third kappa shape index (κ3) is 2.90. The molecule has 3 aliphatic heterocycles. The van der Waals surface area contributed by atoms with Crippen molar-refractivity contribution < 1.29 is 19.1 Å². The predicted octanol–water partition coefficient (Wildman–Crippen LogP) is 2.54. The number of benzene rings is 2. The summed E-state index contributed by atoms with van der Waals surface area (Å²) in [6.07, 6.45) is 1.15. The van der Waals surface area contributed by atoms with E-state index in [4.69, 9.17) is 9.47 Å². The first-order valence-electron chi connectivity index (χ1n) is 10.1. The van der Waals surface area contributed by atoms with Crippen LogP contribution in [0.25, 0.3) is 0 Å². The number of hydrogen-bond acceptors (Lipinski definition) is 4. The molecule has 0 unspecified atom stereocenters. The summed E-state index contributed by atoms with van der Waals surface area (Å²) < 4.78 is 11.8. The van der Waals surface area contributed by atoms with Crippen molar-refractivity contribution in [3.05, 3.63) is 65.7 Å². The third-order valence-corrected chi connectivity index (χ3v) is 6.41. The standard InChI is InChI=1S/C23H24N2O4/c1-28-18-9-5-6-16(12-18)13-21(26)24-11-10-23-20(24)14-22(27)25(23)15-19(29-23)17-7-3-2-4-8-17/h2-9,12,19-20H,10-11,13-15H2,1H3/t19-,20-,23+/m1/s1. The largest absolute Gasteiger partial charge is 0.497 e. The van der Waals surface area contributed by atoms with E-state index in [1.165, 1.54) is 0 Å². The number of ether oxygens (including phenoxy) is 2. The van der Waals surface area contributed by atoms with Crippen LogP contribution in [0, 0.1) is 0 Å². The van der Waals surface area contributed by atoms with Gasteiger partial charge in [0.15, 0.2) is 5.72 Å². The second-order valence-electron chi connectivity index (χ2n) is 7.95. The van der Waals surface area contributed by atoms with Crippen molar-refractivity contribution in [3.8, 4) is 5.75 Å². The van der Waals surface area contributed by atoms with Crippen molar-refractivity contribution in [2.75, 3.05) is 20.2 Å². The molecule has 6 nitrogen and oxygen atoms in total. The Hall–Kier alpha value is -2.86. The molecule has 150 valence electrons. The van der Waals surface area contributed by atoms with Gasteiger partial charge in [0, 0.05) is 13.0 Å². The second-order valence-corrected chi connectivity index (χ2v) is 7.95. The summed E-state index contributed by atoms with van der Waals surface area (Å²) in [4.78, 5) is 29.6. The Balaban J connectivity index is 1.36. The van der Waals surface area contributed by atoms with Crippen LogP contribution in [0.2, 0.25) is 0 Å². The van der Waals surface area contributed by atoms with Crippen LogP contribution in [0.4, 0.5) is 0 Å². The maximum absolute atomic E-state index is 13.1. The van der Waals surface area contributed by atoms with E-state index in [1.807, 2.05) is 64.4 Å². The van der Waals surface area contributed by atoms with Gasteiger partial charge in [0.05, 0.1) is 32.5 Å². The average molecular weight is 392 g/mol. The molecule has 3 fully saturated rings. The minimum Gasteiger partial charge on any atom is -0.497 e. The highest BCUT2D eigenvalue weighted by Gasteiger charge is 2.64. The molecule has 3 atom stereocenters. The van der Waals surface area contributed by atoms with Crippen LogP contribution in [-0.2, 0) is 20.7 Å². The molecule has 3 aliphatic rings. The van der Waals surface area contributed by atoms with E-state index in [9.17, 15) is 9.59 Å². The van der Waals surface area contributed by atoms with Crippen molar-refractivity contribution in [1.82, 2.24) is 9.80 Å². The maximum atomic E-state index is 13.1. The Bertz CT molecular complexity index is 947. The van der Waals surface area contributed by atoms with Gasteiger partial charge in [0.25, 0.3) is 0 Å². The number of methoxy groups -OCH3 is 1. The molecule has 2 aromatic rings. The first kappa shape index (κ1) is 18.2. The zero-order valence-electron chi connectivity index (χ0n) is 16.4. The summed E-state index contributed by atoms with van der Waals surface area (Å²) >= 11 is 0. The van der Waals surface area contributed by atoms with Crippen LogP contribution in [0.3, 0.4) is 0 Å². The van der Waals surface area contributed by atoms with Crippen molar-refractivity contribution in [3.63, 3.8) is 0 Å². The lowest BCUT2D eigenvalue weighted by Crippen LogP contribution is -2.49. The number of likely N-dealkylation sites (tertiary alicyclic amines) is 1. The van der Waals surface area contributed by atoms with Crippen LogP contribution in [0.1, 0.15) is 30.1 Å². The molecule has 6 heteroatoms. The topological polar surface area (TPSA) is 59.1 Å². The first-order valence-corrected chi connectivity index (χ1v) is 10.1. The summed E-state index contributed by atoms with van der Waals surface area (Å²) in [7, 11) is 1.62. The summed E-state index contributed by atoms with van der Waals surface area (Å²) in [5, 5.41) is 0. The number of hydrogen-bond donors (Lipinski definition) is 0. The van der Waals surface area contributed by atoms with E-state index < -0.39 is 5.72 Å². The molecule has 2 aromatic carbocycles. The molecule has 2 amide bonds. The zero-order chi connectivity index (χ0) is 20.0. The molecule has 0 aromatic heterocycles. The molecule has 0 radical (unpaired) electrons. The SMILES string of the molecule is COc1cccc(CC(=O)N2CC[C@@]34O[C@@H](c5ccccc5)CN3C(=O)C[C@@H]24)c1. The lowest BCUT2D eigenvalue weighted by Gasteiger charge is -2.32. The Morgan fingerprint density at radius 1 is 1.21 bits per heavy atom. The summed E-state index contributed by atoms with van der Waals surface area (Å²) in [5.41, 5.74) is 1.30. The first-order chi connectivity index (χ1) is 14.1. The van der Waals surface area contributed by atoms with Gasteiger partial charge in [-0.05, 0) is 23.3 Å². The van der Waals surface area contributed by atoms with Gasteiger partial charge >= 0.3 is 0 Å². The van der Waals surface area contributed by atoms with Gasteiger partial charge in [0.2, 0.25) is 11.8 Å². The summed E-state index contributed by atoms with van der Waals surface area (Å²) in [6, 6.07) is 17.3. The van der Waals surface area contributed by atoms with Crippen molar-refractivity contribution in [1.29, 1.82) is 0 Å². The molecule has 1 spiro atoms. The Kier molecular flexibility index (Phi) is 4.32. The fourth-order valence-electron chi connectivity index (χ4n) is 5.02. The van der Waals surface area contributed by atoms with E-state index in [1.54, 1.807) is 7.11 Å². The van der Waals surface area contributed by atoms with Gasteiger partial charge in [-0.15, -0.1) is 0 Å². The number of nitrogens with zero attached hydrogens (tertiary/aromatic N) is 2.